The fourth-order valence-electron chi connectivity index (χ4n) is 1.51. The van der Waals surface area contributed by atoms with Crippen molar-refractivity contribution in [3.05, 3.63) is 34.4 Å². The number of rotatable bonds is 0. The first-order chi connectivity index (χ1) is 7.24. The summed E-state index contributed by atoms with van der Waals surface area (Å²) in [7, 11) is 0. The molecular formula is C10H4Cl2N2O. The van der Waals surface area contributed by atoms with E-state index in [1.54, 1.807) is 18.2 Å². The number of hydrogen-bond donors (Lipinski definition) is 0. The van der Waals surface area contributed by atoms with Gasteiger partial charge in [-0.25, -0.2) is 0 Å². The van der Waals surface area contributed by atoms with Crippen molar-refractivity contribution in [1.82, 2.24) is 10.2 Å². The van der Waals surface area contributed by atoms with Gasteiger partial charge in [-0.05, 0) is 12.1 Å². The quantitative estimate of drug-likeness (QED) is 0.600. The van der Waals surface area contributed by atoms with E-state index >= 15 is 0 Å². The van der Waals surface area contributed by atoms with Crippen molar-refractivity contribution in [1.29, 1.82) is 0 Å². The number of hydrogen-bond acceptors (Lipinski definition) is 3. The van der Waals surface area contributed by atoms with Crippen LogP contribution in [0.25, 0.3) is 22.1 Å². The second-order valence-corrected chi connectivity index (χ2v) is 3.95. The maximum atomic E-state index is 5.86. The highest BCUT2D eigenvalue weighted by Crippen LogP contribution is 2.29. The van der Waals surface area contributed by atoms with E-state index in [1.165, 1.54) is 0 Å². The normalized spacial score (nSPS) is 11.3. The van der Waals surface area contributed by atoms with Crippen LogP contribution in [0.3, 0.4) is 0 Å². The summed E-state index contributed by atoms with van der Waals surface area (Å²) >= 11 is 11.6. The van der Waals surface area contributed by atoms with E-state index in [2.05, 4.69) is 10.2 Å². The molecule has 0 aliphatic carbocycles. The van der Waals surface area contributed by atoms with Gasteiger partial charge in [-0.1, -0.05) is 23.2 Å². The first-order valence-electron chi connectivity index (χ1n) is 4.25. The van der Waals surface area contributed by atoms with Gasteiger partial charge in [0.1, 0.15) is 11.1 Å². The molecule has 0 radical (unpaired) electrons. The van der Waals surface area contributed by atoms with Crippen molar-refractivity contribution in [3.63, 3.8) is 0 Å². The van der Waals surface area contributed by atoms with Gasteiger partial charge in [0.25, 0.3) is 0 Å². The maximum Gasteiger partial charge on any atom is 0.158 e. The molecule has 0 aliphatic rings. The Morgan fingerprint density at radius 3 is 2.73 bits per heavy atom. The van der Waals surface area contributed by atoms with Gasteiger partial charge in [0.15, 0.2) is 10.7 Å². The Morgan fingerprint density at radius 2 is 1.87 bits per heavy atom. The SMILES string of the molecule is Clc1ccc2c(c1)oc1cc(Cl)nnc12. The summed E-state index contributed by atoms with van der Waals surface area (Å²) in [6.07, 6.45) is 0. The highest BCUT2D eigenvalue weighted by Gasteiger charge is 2.09. The lowest BCUT2D eigenvalue weighted by Gasteiger charge is -1.88. The lowest BCUT2D eigenvalue weighted by Crippen LogP contribution is -1.80. The Hall–Kier alpha value is -1.32. The van der Waals surface area contributed by atoms with Crippen LogP contribution in [0.1, 0.15) is 0 Å². The molecule has 2 heterocycles. The first-order valence-corrected chi connectivity index (χ1v) is 5.00. The third kappa shape index (κ3) is 1.35. The van der Waals surface area contributed by atoms with Crippen molar-refractivity contribution < 1.29 is 4.42 Å². The van der Waals surface area contributed by atoms with Crippen LogP contribution in [0.5, 0.6) is 0 Å². The van der Waals surface area contributed by atoms with Crippen LogP contribution in [-0.4, -0.2) is 10.2 Å². The van der Waals surface area contributed by atoms with Crippen molar-refractivity contribution >= 4 is 45.3 Å². The highest BCUT2D eigenvalue weighted by atomic mass is 35.5. The zero-order chi connectivity index (χ0) is 10.4. The molecule has 0 atom stereocenters. The fourth-order valence-corrected chi connectivity index (χ4v) is 1.81. The van der Waals surface area contributed by atoms with Gasteiger partial charge in [0.2, 0.25) is 0 Å². The number of benzene rings is 1. The molecule has 3 rings (SSSR count). The fraction of sp³-hybridized carbons (Fsp3) is 0. The van der Waals surface area contributed by atoms with E-state index in [9.17, 15) is 0 Å². The van der Waals surface area contributed by atoms with Gasteiger partial charge >= 0.3 is 0 Å². The minimum Gasteiger partial charge on any atom is -0.454 e. The van der Waals surface area contributed by atoms with E-state index in [0.717, 1.165) is 5.39 Å². The van der Waals surface area contributed by atoms with Gasteiger partial charge in [0.05, 0.1) is 0 Å². The Bertz CT molecular complexity index is 607. The number of fused-ring (bicyclic) bond motifs is 3. The highest BCUT2D eigenvalue weighted by molar-refractivity contribution is 6.31. The Labute approximate surface area is 94.6 Å². The minimum absolute atomic E-state index is 0.313. The molecule has 5 heteroatoms. The zero-order valence-electron chi connectivity index (χ0n) is 7.37. The van der Waals surface area contributed by atoms with Crippen LogP contribution in [-0.2, 0) is 0 Å². The van der Waals surface area contributed by atoms with Crippen molar-refractivity contribution in [2.24, 2.45) is 0 Å². The van der Waals surface area contributed by atoms with E-state index in [1.807, 2.05) is 6.07 Å². The monoisotopic (exact) mass is 238 g/mol. The van der Waals surface area contributed by atoms with Gasteiger partial charge in [0, 0.05) is 22.5 Å². The lowest BCUT2D eigenvalue weighted by atomic mass is 10.2. The van der Waals surface area contributed by atoms with Crippen molar-refractivity contribution in [2.45, 2.75) is 0 Å². The molecule has 0 bridgehead atoms. The smallest absolute Gasteiger partial charge is 0.158 e. The van der Waals surface area contributed by atoms with Crippen LogP contribution >= 0.6 is 23.2 Å². The van der Waals surface area contributed by atoms with Gasteiger partial charge in [-0.15, -0.1) is 10.2 Å². The number of nitrogens with zero attached hydrogens (tertiary/aromatic N) is 2. The second-order valence-electron chi connectivity index (χ2n) is 3.12. The molecular weight excluding hydrogens is 235 g/mol. The van der Waals surface area contributed by atoms with Crippen LogP contribution in [0.4, 0.5) is 0 Å². The standard InChI is InChI=1S/C10H4Cl2N2O/c11-5-1-2-6-7(3-5)15-8-4-9(12)13-14-10(6)8/h1-4H. The summed E-state index contributed by atoms with van der Waals surface area (Å²) in [5, 5.41) is 9.58. The lowest BCUT2D eigenvalue weighted by molar-refractivity contribution is 0.667. The van der Waals surface area contributed by atoms with Crippen LogP contribution < -0.4 is 0 Å². The zero-order valence-corrected chi connectivity index (χ0v) is 8.88. The average molecular weight is 239 g/mol. The summed E-state index contributed by atoms with van der Waals surface area (Å²) in [5.74, 6) is 0. The molecule has 15 heavy (non-hydrogen) atoms. The molecule has 1 aromatic carbocycles. The third-order valence-corrected chi connectivity index (χ3v) is 2.57. The summed E-state index contributed by atoms with van der Waals surface area (Å²) < 4.78 is 5.54. The molecule has 0 saturated heterocycles. The summed E-state index contributed by atoms with van der Waals surface area (Å²) in [4.78, 5) is 0. The van der Waals surface area contributed by atoms with Gasteiger partial charge < -0.3 is 4.42 Å². The molecule has 74 valence electrons. The van der Waals surface area contributed by atoms with Gasteiger partial charge in [-0.3, -0.25) is 0 Å². The summed E-state index contributed by atoms with van der Waals surface area (Å²) in [6.45, 7) is 0. The van der Waals surface area contributed by atoms with Crippen molar-refractivity contribution in [3.8, 4) is 0 Å². The first kappa shape index (κ1) is 8.95. The van der Waals surface area contributed by atoms with Crippen LogP contribution in [0.15, 0.2) is 28.7 Å². The molecule has 0 aliphatic heterocycles. The Kier molecular flexibility index (Phi) is 1.84. The van der Waals surface area contributed by atoms with Crippen molar-refractivity contribution in [2.75, 3.05) is 0 Å². The summed E-state index contributed by atoms with van der Waals surface area (Å²) in [5.41, 5.74) is 2.01. The molecule has 3 aromatic rings. The van der Waals surface area contributed by atoms with E-state index in [0.29, 0.717) is 26.9 Å². The molecule has 0 N–H and O–H groups in total. The Balaban J connectivity index is 2.51. The minimum atomic E-state index is 0.313. The van der Waals surface area contributed by atoms with Crippen LogP contribution in [0.2, 0.25) is 10.2 Å². The predicted octanol–water partition coefficient (Wildman–Crippen LogP) is 3.68. The second kappa shape index (κ2) is 3.08. The Morgan fingerprint density at radius 1 is 1.00 bits per heavy atom. The topological polar surface area (TPSA) is 38.9 Å². The van der Waals surface area contributed by atoms with Crippen LogP contribution in [0, 0.1) is 0 Å². The molecule has 3 nitrogen and oxygen atoms in total. The number of furan rings is 1. The number of aromatic nitrogens is 2. The van der Waals surface area contributed by atoms with E-state index < -0.39 is 0 Å². The average Bonchev–Trinajstić information content (AvgIpc) is 2.53. The molecule has 0 amide bonds. The summed E-state index contributed by atoms with van der Waals surface area (Å²) in [6, 6.07) is 7.02. The van der Waals surface area contributed by atoms with E-state index in [4.69, 9.17) is 27.6 Å². The molecule has 2 aromatic heterocycles. The third-order valence-electron chi connectivity index (χ3n) is 2.15. The largest absolute Gasteiger partial charge is 0.454 e. The predicted molar refractivity (Wildman–Crippen MR) is 59.3 cm³/mol. The molecule has 0 saturated carbocycles. The molecule has 0 unspecified atom stereocenters. The molecule has 0 fully saturated rings. The van der Waals surface area contributed by atoms with Gasteiger partial charge in [-0.2, -0.15) is 0 Å². The number of halogens is 2. The molecule has 0 spiro atoms. The maximum absolute atomic E-state index is 5.86. The van der Waals surface area contributed by atoms with E-state index in [-0.39, 0.29) is 0 Å².